The molecule has 6 nitrogen and oxygen atoms in total. The molecule has 1 aromatic carbocycles. The number of para-hydroxylation sites is 1. The summed E-state index contributed by atoms with van der Waals surface area (Å²) in [5, 5.41) is 2.95. The van der Waals surface area contributed by atoms with Gasteiger partial charge < -0.3 is 9.88 Å². The lowest BCUT2D eigenvalue weighted by molar-refractivity contribution is -0.113. The lowest BCUT2D eigenvalue weighted by Gasteiger charge is -2.11. The maximum Gasteiger partial charge on any atom is 0.341 e. The number of carbonyl (C=O) groups is 1. The van der Waals surface area contributed by atoms with Crippen LogP contribution in [0, 0.1) is 0 Å². The van der Waals surface area contributed by atoms with Gasteiger partial charge in [-0.25, -0.2) is 13.4 Å². The van der Waals surface area contributed by atoms with E-state index in [4.69, 9.17) is 0 Å². The highest BCUT2D eigenvalue weighted by Crippen LogP contribution is 2.26. The zero-order chi connectivity index (χ0) is 17.0. The van der Waals surface area contributed by atoms with E-state index < -0.39 is 26.4 Å². The van der Waals surface area contributed by atoms with Crippen molar-refractivity contribution >= 4 is 33.2 Å². The zero-order valence-corrected chi connectivity index (χ0v) is 13.6. The van der Waals surface area contributed by atoms with Gasteiger partial charge in [0.1, 0.15) is 0 Å². The van der Waals surface area contributed by atoms with Gasteiger partial charge in [-0.05, 0) is 12.1 Å². The number of aryl methyl sites for hydroxylation is 1. The molecule has 0 atom stereocenters. The minimum absolute atomic E-state index is 0.0338. The van der Waals surface area contributed by atoms with E-state index >= 15 is 0 Å². The molecule has 1 aromatic heterocycles. The lowest BCUT2D eigenvalue weighted by atomic mass is 10.3. The van der Waals surface area contributed by atoms with Gasteiger partial charge in [-0.2, -0.15) is 8.78 Å². The summed E-state index contributed by atoms with van der Waals surface area (Å²) in [6.07, 6.45) is 3.29. The molecule has 0 saturated carbocycles. The fraction of sp³-hybridized carbons (Fsp3) is 0.231. The van der Waals surface area contributed by atoms with Crippen LogP contribution in [0.4, 0.5) is 14.5 Å². The minimum atomic E-state index is -4.79. The van der Waals surface area contributed by atoms with Crippen molar-refractivity contribution in [2.75, 3.05) is 11.1 Å². The van der Waals surface area contributed by atoms with Gasteiger partial charge in [-0.15, -0.1) is 0 Å². The molecule has 1 amide bonds. The van der Waals surface area contributed by atoms with Crippen molar-refractivity contribution in [3.63, 3.8) is 0 Å². The number of amides is 1. The van der Waals surface area contributed by atoms with Gasteiger partial charge in [0.05, 0.1) is 16.3 Å². The van der Waals surface area contributed by atoms with Crippen LogP contribution in [0.15, 0.2) is 46.7 Å². The number of alkyl halides is 2. The molecule has 0 fully saturated rings. The number of nitrogens with zero attached hydrogens (tertiary/aromatic N) is 2. The SMILES string of the molecule is Cn1ccnc1SCC(=O)Nc1ccccc1S(=O)(=O)C(F)F. The van der Waals surface area contributed by atoms with Gasteiger partial charge in [0.25, 0.3) is 0 Å². The van der Waals surface area contributed by atoms with Crippen LogP contribution in [0.2, 0.25) is 0 Å². The van der Waals surface area contributed by atoms with E-state index in [9.17, 15) is 22.0 Å². The summed E-state index contributed by atoms with van der Waals surface area (Å²) in [5.74, 6) is -4.11. The van der Waals surface area contributed by atoms with E-state index in [1.165, 1.54) is 18.2 Å². The van der Waals surface area contributed by atoms with Gasteiger partial charge in [0.2, 0.25) is 15.7 Å². The number of carbonyl (C=O) groups excluding carboxylic acids is 1. The van der Waals surface area contributed by atoms with Crippen LogP contribution in [-0.4, -0.2) is 35.4 Å². The second-order valence-electron chi connectivity index (χ2n) is 4.46. The first-order valence-electron chi connectivity index (χ1n) is 6.33. The first-order valence-corrected chi connectivity index (χ1v) is 8.86. The highest BCUT2D eigenvalue weighted by Gasteiger charge is 2.29. The highest BCUT2D eigenvalue weighted by atomic mass is 32.2. The van der Waals surface area contributed by atoms with E-state index in [-0.39, 0.29) is 11.4 Å². The van der Waals surface area contributed by atoms with Crippen LogP contribution in [-0.2, 0) is 21.7 Å². The van der Waals surface area contributed by atoms with Crippen molar-refractivity contribution in [1.29, 1.82) is 0 Å². The fourth-order valence-electron chi connectivity index (χ4n) is 1.72. The highest BCUT2D eigenvalue weighted by molar-refractivity contribution is 7.99. The number of thioether (sulfide) groups is 1. The van der Waals surface area contributed by atoms with Crippen molar-refractivity contribution < 1.29 is 22.0 Å². The first kappa shape index (κ1) is 17.4. The summed E-state index contributed by atoms with van der Waals surface area (Å²) in [7, 11) is -3.03. The molecular weight excluding hydrogens is 348 g/mol. The Balaban J connectivity index is 2.11. The number of hydrogen-bond acceptors (Lipinski definition) is 5. The van der Waals surface area contributed by atoms with Crippen molar-refractivity contribution in [2.45, 2.75) is 15.8 Å². The quantitative estimate of drug-likeness (QED) is 0.798. The van der Waals surface area contributed by atoms with Gasteiger partial charge in [0.15, 0.2) is 5.16 Å². The van der Waals surface area contributed by atoms with Crippen molar-refractivity contribution in [1.82, 2.24) is 9.55 Å². The number of rotatable bonds is 6. The number of imidazole rings is 1. The third-order valence-corrected chi connectivity index (χ3v) is 5.31. The van der Waals surface area contributed by atoms with Crippen LogP contribution >= 0.6 is 11.8 Å². The average Bonchev–Trinajstić information content (AvgIpc) is 2.90. The van der Waals surface area contributed by atoms with Crippen LogP contribution in [0.5, 0.6) is 0 Å². The number of aromatic nitrogens is 2. The van der Waals surface area contributed by atoms with Gasteiger partial charge in [0, 0.05) is 19.4 Å². The molecule has 2 aromatic rings. The van der Waals surface area contributed by atoms with E-state index in [0.29, 0.717) is 5.16 Å². The molecule has 0 aliphatic heterocycles. The molecule has 0 radical (unpaired) electrons. The van der Waals surface area contributed by atoms with Crippen LogP contribution < -0.4 is 5.32 Å². The summed E-state index contributed by atoms with van der Waals surface area (Å²) in [6.45, 7) is 0. The summed E-state index contributed by atoms with van der Waals surface area (Å²) < 4.78 is 50.3. The molecule has 0 aliphatic carbocycles. The number of nitrogens with one attached hydrogen (secondary N) is 1. The second kappa shape index (κ2) is 7.09. The standard InChI is InChI=1S/C13H13F2N3O3S2/c1-18-7-6-16-13(18)22-8-11(19)17-9-4-2-3-5-10(9)23(20,21)12(14)15/h2-7,12H,8H2,1H3,(H,17,19). The average molecular weight is 361 g/mol. The van der Waals surface area contributed by atoms with E-state index in [1.54, 1.807) is 24.0 Å². The molecule has 0 spiro atoms. The zero-order valence-electron chi connectivity index (χ0n) is 11.9. The van der Waals surface area contributed by atoms with E-state index in [2.05, 4.69) is 10.3 Å². The number of benzene rings is 1. The Morgan fingerprint density at radius 2 is 2.09 bits per heavy atom. The summed E-state index contributed by atoms with van der Waals surface area (Å²) >= 11 is 1.14. The first-order chi connectivity index (χ1) is 10.8. The molecule has 124 valence electrons. The Kier molecular flexibility index (Phi) is 5.37. The normalized spacial score (nSPS) is 11.7. The van der Waals surface area contributed by atoms with E-state index in [0.717, 1.165) is 17.8 Å². The molecule has 0 saturated heterocycles. The number of sulfone groups is 1. The molecule has 1 N–H and O–H groups in total. The number of anilines is 1. The Morgan fingerprint density at radius 3 is 2.70 bits per heavy atom. The van der Waals surface area contributed by atoms with Crippen molar-refractivity contribution in [2.24, 2.45) is 7.05 Å². The van der Waals surface area contributed by atoms with E-state index in [1.807, 2.05) is 0 Å². The predicted molar refractivity (Wildman–Crippen MR) is 82.2 cm³/mol. The third-order valence-electron chi connectivity index (χ3n) is 2.81. The van der Waals surface area contributed by atoms with Crippen molar-refractivity contribution in [3.8, 4) is 0 Å². The molecule has 0 bridgehead atoms. The topological polar surface area (TPSA) is 81.1 Å². The van der Waals surface area contributed by atoms with Gasteiger partial charge in [-0.1, -0.05) is 23.9 Å². The van der Waals surface area contributed by atoms with Crippen molar-refractivity contribution in [3.05, 3.63) is 36.7 Å². The monoisotopic (exact) mass is 361 g/mol. The Bertz CT molecular complexity index is 806. The van der Waals surface area contributed by atoms with Crippen LogP contribution in [0.25, 0.3) is 0 Å². The molecule has 0 unspecified atom stereocenters. The maximum absolute atomic E-state index is 12.7. The lowest BCUT2D eigenvalue weighted by Crippen LogP contribution is -2.19. The fourth-order valence-corrected chi connectivity index (χ4v) is 3.34. The smallest absolute Gasteiger partial charge is 0.329 e. The third kappa shape index (κ3) is 4.08. The predicted octanol–water partition coefficient (Wildman–Crippen LogP) is 2.15. The molecule has 1 heterocycles. The summed E-state index contributed by atoms with van der Waals surface area (Å²) in [6, 6.07) is 5.06. The molecule has 2 rings (SSSR count). The van der Waals surface area contributed by atoms with Crippen LogP contribution in [0.1, 0.15) is 0 Å². The minimum Gasteiger partial charge on any atom is -0.329 e. The molecule has 0 aliphatic rings. The largest absolute Gasteiger partial charge is 0.341 e. The number of hydrogen-bond donors (Lipinski definition) is 1. The Labute approximate surface area is 135 Å². The molecular formula is C13H13F2N3O3S2. The Morgan fingerprint density at radius 1 is 1.39 bits per heavy atom. The summed E-state index contributed by atoms with van der Waals surface area (Å²) in [4.78, 5) is 15.3. The number of halogens is 2. The summed E-state index contributed by atoms with van der Waals surface area (Å²) in [5.41, 5.74) is -0.168. The Hall–Kier alpha value is -1.94. The van der Waals surface area contributed by atoms with Gasteiger partial charge in [-0.3, -0.25) is 4.79 Å². The van der Waals surface area contributed by atoms with Crippen LogP contribution in [0.3, 0.4) is 0 Å². The maximum atomic E-state index is 12.7. The van der Waals surface area contributed by atoms with Gasteiger partial charge >= 0.3 is 5.76 Å². The second-order valence-corrected chi connectivity index (χ2v) is 7.29. The molecule has 10 heteroatoms. The molecule has 23 heavy (non-hydrogen) atoms.